The van der Waals surface area contributed by atoms with Crippen LogP contribution in [0.15, 0.2) is 42.6 Å². The largest absolute Gasteiger partial charge is 0.508 e. The van der Waals surface area contributed by atoms with E-state index in [-0.39, 0.29) is 30.5 Å². The maximum atomic E-state index is 13.3. The van der Waals surface area contributed by atoms with Crippen molar-refractivity contribution in [1.29, 1.82) is 0 Å². The predicted octanol–water partition coefficient (Wildman–Crippen LogP) is 5.99. The molecule has 45 heavy (non-hydrogen) atoms. The Balaban J connectivity index is 1.41. The summed E-state index contributed by atoms with van der Waals surface area (Å²) in [5, 5.41) is 22.2. The van der Waals surface area contributed by atoms with Crippen LogP contribution < -0.4 is 23.5 Å². The molecule has 0 spiro atoms. The molecule has 0 saturated heterocycles. The number of carbonyl (C=O) groups is 1. The van der Waals surface area contributed by atoms with E-state index in [0.29, 0.717) is 59.1 Å². The molecule has 0 amide bonds. The smallest absolute Gasteiger partial charge is 0.310 e. The van der Waals surface area contributed by atoms with E-state index in [9.17, 15) is 15.0 Å². The van der Waals surface area contributed by atoms with Crippen molar-refractivity contribution in [1.82, 2.24) is 0 Å². The van der Waals surface area contributed by atoms with Crippen LogP contribution in [0, 0.1) is 13.8 Å². The lowest BCUT2D eigenvalue weighted by Gasteiger charge is -2.21. The molecule has 236 valence electrons. The molecule has 4 aromatic rings. The number of unbranched alkanes of at least 4 members (excludes halogenated alkanes) is 1. The maximum Gasteiger partial charge on any atom is 0.310 e. The molecule has 0 fully saturated rings. The lowest BCUT2D eigenvalue weighted by molar-refractivity contribution is -0.686. The first-order valence-corrected chi connectivity index (χ1v) is 14.9. The molecular weight excluding hydrogens is 574 g/mol. The fourth-order valence-corrected chi connectivity index (χ4v) is 5.96. The molecular formula is C36H40NO8+. The predicted molar refractivity (Wildman–Crippen MR) is 172 cm³/mol. The van der Waals surface area contributed by atoms with Crippen molar-refractivity contribution < 1.29 is 43.3 Å². The molecule has 1 aliphatic rings. The lowest BCUT2D eigenvalue weighted by atomic mass is 9.90. The first-order valence-electron chi connectivity index (χ1n) is 14.9. The second kappa shape index (κ2) is 13.4. The van der Waals surface area contributed by atoms with Crippen molar-refractivity contribution in [3.8, 4) is 45.8 Å². The minimum absolute atomic E-state index is 0.0571. The summed E-state index contributed by atoms with van der Waals surface area (Å²) in [7, 11) is 6.45. The van der Waals surface area contributed by atoms with Crippen LogP contribution >= 0.6 is 0 Å². The van der Waals surface area contributed by atoms with Crippen LogP contribution in [0.5, 0.6) is 34.5 Å². The summed E-state index contributed by atoms with van der Waals surface area (Å²) in [5.74, 6) is 2.44. The Labute approximate surface area is 263 Å². The number of ether oxygens (including phenoxy) is 5. The third-order valence-electron chi connectivity index (χ3n) is 8.52. The third kappa shape index (κ3) is 6.07. The van der Waals surface area contributed by atoms with Gasteiger partial charge < -0.3 is 33.9 Å². The van der Waals surface area contributed by atoms with E-state index in [2.05, 4.69) is 10.8 Å². The van der Waals surface area contributed by atoms with Crippen LogP contribution in [0.4, 0.5) is 0 Å². The van der Waals surface area contributed by atoms with Gasteiger partial charge in [0.05, 0.1) is 52.4 Å². The van der Waals surface area contributed by atoms with Gasteiger partial charge in [0, 0.05) is 22.9 Å². The summed E-state index contributed by atoms with van der Waals surface area (Å²) in [6.07, 6.45) is 7.79. The van der Waals surface area contributed by atoms with Crippen molar-refractivity contribution in [2.24, 2.45) is 0 Å². The van der Waals surface area contributed by atoms with Gasteiger partial charge in [0.15, 0.2) is 35.7 Å². The minimum atomic E-state index is -0.339. The van der Waals surface area contributed by atoms with Gasteiger partial charge in [-0.05, 0) is 73.7 Å². The molecule has 1 aliphatic heterocycles. The van der Waals surface area contributed by atoms with Gasteiger partial charge in [-0.15, -0.1) is 0 Å². The van der Waals surface area contributed by atoms with Crippen LogP contribution in [0.25, 0.3) is 28.1 Å². The number of hydrogen-bond acceptors (Lipinski definition) is 8. The monoisotopic (exact) mass is 614 g/mol. The highest BCUT2D eigenvalue weighted by molar-refractivity contribution is 5.97. The number of carbonyl (C=O) groups excluding carboxylic acids is 1. The van der Waals surface area contributed by atoms with Gasteiger partial charge in [0.2, 0.25) is 5.69 Å². The van der Waals surface area contributed by atoms with Crippen molar-refractivity contribution >= 4 is 22.8 Å². The normalized spacial score (nSPS) is 12.1. The number of rotatable bonds is 11. The average Bonchev–Trinajstić information content (AvgIpc) is 3.05. The Morgan fingerprint density at radius 2 is 1.64 bits per heavy atom. The van der Waals surface area contributed by atoms with Crippen LogP contribution in [-0.2, 0) is 28.9 Å². The Hall–Kier alpha value is -4.92. The standard InChI is InChI=1S/C36H39NO8/c1-21-22(2)35(40)24(16-29(21)38)10-8-7-9-15-45-33(39)19-27-25-11-12-30(41-3)36(44-6)28(25)20-37-14-13-23-17-31(42-4)32(43-5)18-26(23)34(27)37/h8,10-12,16-18,20H,7,9,13-15,19H2,1-6H3,(H-,38,40)/p+1/b10-8+. The number of aromatic nitrogens is 1. The Bertz CT molecular complexity index is 1790. The summed E-state index contributed by atoms with van der Waals surface area (Å²) in [6.45, 7) is 4.48. The van der Waals surface area contributed by atoms with E-state index >= 15 is 0 Å². The molecule has 9 nitrogen and oxygen atoms in total. The second-order valence-corrected chi connectivity index (χ2v) is 11.1. The number of esters is 1. The molecule has 5 rings (SSSR count). The Morgan fingerprint density at radius 1 is 0.911 bits per heavy atom. The summed E-state index contributed by atoms with van der Waals surface area (Å²) < 4.78 is 30.4. The van der Waals surface area contributed by atoms with Crippen LogP contribution in [0.1, 0.15) is 40.7 Å². The Kier molecular flexibility index (Phi) is 9.37. The van der Waals surface area contributed by atoms with Crippen molar-refractivity contribution in [3.05, 3.63) is 70.4 Å². The van der Waals surface area contributed by atoms with Gasteiger partial charge in [0.25, 0.3) is 0 Å². The topological polar surface area (TPSA) is 108 Å². The van der Waals surface area contributed by atoms with Crippen LogP contribution in [0.2, 0.25) is 0 Å². The number of hydrogen-bond donors (Lipinski definition) is 2. The van der Waals surface area contributed by atoms with E-state index in [1.54, 1.807) is 54.4 Å². The fraction of sp³-hybridized carbons (Fsp3) is 0.333. The minimum Gasteiger partial charge on any atom is -0.508 e. The van der Waals surface area contributed by atoms with Crippen molar-refractivity contribution in [2.75, 3.05) is 35.0 Å². The van der Waals surface area contributed by atoms with Gasteiger partial charge in [-0.25, -0.2) is 0 Å². The lowest BCUT2D eigenvalue weighted by Crippen LogP contribution is -2.41. The zero-order valence-corrected chi connectivity index (χ0v) is 26.7. The molecule has 0 unspecified atom stereocenters. The molecule has 0 bridgehead atoms. The average molecular weight is 615 g/mol. The number of pyridine rings is 1. The van der Waals surface area contributed by atoms with Gasteiger partial charge >= 0.3 is 5.97 Å². The van der Waals surface area contributed by atoms with Crippen molar-refractivity contribution in [2.45, 2.75) is 46.1 Å². The van der Waals surface area contributed by atoms with Crippen molar-refractivity contribution in [3.63, 3.8) is 0 Å². The molecule has 2 N–H and O–H groups in total. The second-order valence-electron chi connectivity index (χ2n) is 11.1. The number of methoxy groups -OCH3 is 4. The molecule has 0 radical (unpaired) electrons. The molecule has 1 aromatic heterocycles. The number of nitrogens with zero attached hydrogens (tertiary/aromatic N) is 1. The first kappa shape index (κ1) is 31.5. The first-order chi connectivity index (χ1) is 21.7. The number of allylic oxidation sites excluding steroid dienone is 1. The highest BCUT2D eigenvalue weighted by atomic mass is 16.5. The molecule has 3 aromatic carbocycles. The molecule has 0 aliphatic carbocycles. The molecule has 0 saturated carbocycles. The summed E-state index contributed by atoms with van der Waals surface area (Å²) in [4.78, 5) is 13.3. The zero-order chi connectivity index (χ0) is 32.2. The Morgan fingerprint density at radius 3 is 2.36 bits per heavy atom. The fourth-order valence-electron chi connectivity index (χ4n) is 5.96. The zero-order valence-electron chi connectivity index (χ0n) is 26.7. The molecule has 9 heteroatoms. The number of aromatic hydroxyl groups is 2. The van der Waals surface area contributed by atoms with E-state index in [1.165, 1.54) is 0 Å². The van der Waals surface area contributed by atoms with E-state index in [4.69, 9.17) is 23.7 Å². The SMILES string of the molecule is COc1cc2c(cc1OC)-c1c(CC(=O)OCCC/C=C/c3cc(O)c(C)c(C)c3O)c3ccc(OC)c(OC)c3c[n+]1CC2. The van der Waals surface area contributed by atoms with Crippen LogP contribution in [-0.4, -0.2) is 51.2 Å². The maximum absolute atomic E-state index is 13.3. The van der Waals surface area contributed by atoms with Gasteiger partial charge in [-0.2, -0.15) is 4.57 Å². The van der Waals surface area contributed by atoms with E-state index < -0.39 is 0 Å². The summed E-state index contributed by atoms with van der Waals surface area (Å²) in [6, 6.07) is 9.33. The summed E-state index contributed by atoms with van der Waals surface area (Å²) in [5.41, 5.74) is 5.69. The number of fused-ring (bicyclic) bond motifs is 4. The highest BCUT2D eigenvalue weighted by Crippen LogP contribution is 2.42. The van der Waals surface area contributed by atoms with E-state index in [0.717, 1.165) is 39.6 Å². The van der Waals surface area contributed by atoms with Gasteiger partial charge in [-0.1, -0.05) is 12.2 Å². The van der Waals surface area contributed by atoms with Gasteiger partial charge in [-0.3, -0.25) is 4.79 Å². The highest BCUT2D eigenvalue weighted by Gasteiger charge is 2.32. The quantitative estimate of drug-likeness (QED) is 0.0918. The number of phenolic OH excluding ortho intramolecular Hbond substituents is 2. The summed E-state index contributed by atoms with van der Waals surface area (Å²) >= 11 is 0. The third-order valence-corrected chi connectivity index (χ3v) is 8.52. The number of benzene rings is 3. The number of aryl methyl sites for hydroxylation is 2. The van der Waals surface area contributed by atoms with Gasteiger partial charge in [0.1, 0.15) is 11.5 Å². The molecule has 0 atom stereocenters. The van der Waals surface area contributed by atoms with E-state index in [1.807, 2.05) is 30.3 Å². The van der Waals surface area contributed by atoms with Crippen LogP contribution in [0.3, 0.4) is 0 Å². The number of phenols is 2. The molecule has 2 heterocycles.